The third-order valence-electron chi connectivity index (χ3n) is 4.20. The number of aromatic nitrogens is 1. The predicted molar refractivity (Wildman–Crippen MR) is 80.7 cm³/mol. The maximum atomic E-state index is 11.7. The number of rotatable bonds is 5. The summed E-state index contributed by atoms with van der Waals surface area (Å²) in [7, 11) is 1.62. The number of carbonyl (C=O) groups is 1. The van der Waals surface area contributed by atoms with Gasteiger partial charge in [0.15, 0.2) is 0 Å². The van der Waals surface area contributed by atoms with Gasteiger partial charge in [0.1, 0.15) is 17.1 Å². The lowest BCUT2D eigenvalue weighted by atomic mass is 9.95. The Balaban J connectivity index is 2.06. The van der Waals surface area contributed by atoms with Gasteiger partial charge in [0.25, 0.3) is 0 Å². The highest BCUT2D eigenvalue weighted by atomic mass is 16.5. The summed E-state index contributed by atoms with van der Waals surface area (Å²) in [4.78, 5) is 16.0. The van der Waals surface area contributed by atoms with Crippen molar-refractivity contribution in [1.82, 2.24) is 4.98 Å². The molecule has 0 amide bonds. The summed E-state index contributed by atoms with van der Waals surface area (Å²) in [6, 6.07) is 7.55. The van der Waals surface area contributed by atoms with E-state index in [1.165, 1.54) is 0 Å². The summed E-state index contributed by atoms with van der Waals surface area (Å²) in [5.74, 6) is 0.647. The average molecular weight is 286 g/mol. The summed E-state index contributed by atoms with van der Waals surface area (Å²) in [5, 5.41) is 14.5. The van der Waals surface area contributed by atoms with Gasteiger partial charge < -0.3 is 15.2 Å². The Morgan fingerprint density at radius 1 is 1.38 bits per heavy atom. The number of methoxy groups -OCH3 is 1. The van der Waals surface area contributed by atoms with Crippen molar-refractivity contribution in [2.45, 2.75) is 25.3 Å². The van der Waals surface area contributed by atoms with E-state index in [1.807, 2.05) is 24.3 Å². The molecule has 21 heavy (non-hydrogen) atoms. The van der Waals surface area contributed by atoms with E-state index in [4.69, 9.17) is 4.74 Å². The van der Waals surface area contributed by atoms with Crippen LogP contribution in [0.15, 0.2) is 30.5 Å². The van der Waals surface area contributed by atoms with Crippen molar-refractivity contribution in [2.75, 3.05) is 12.4 Å². The Morgan fingerprint density at radius 2 is 2.14 bits per heavy atom. The van der Waals surface area contributed by atoms with Gasteiger partial charge in [-0.15, -0.1) is 0 Å². The highest BCUT2D eigenvalue weighted by Crippen LogP contribution is 2.42. The molecular weight excluding hydrogens is 268 g/mol. The number of nitrogens with zero attached hydrogens (tertiary/aromatic N) is 1. The molecule has 3 rings (SSSR count). The van der Waals surface area contributed by atoms with E-state index in [2.05, 4.69) is 10.3 Å². The fourth-order valence-corrected chi connectivity index (χ4v) is 2.69. The zero-order chi connectivity index (χ0) is 15.0. The van der Waals surface area contributed by atoms with Crippen LogP contribution in [0.4, 0.5) is 5.82 Å². The maximum Gasteiger partial charge on any atom is 0.329 e. The van der Waals surface area contributed by atoms with E-state index in [9.17, 15) is 9.90 Å². The first-order chi connectivity index (χ1) is 10.1. The molecule has 1 unspecified atom stereocenters. The number of nitrogens with one attached hydrogen (secondary N) is 1. The SMILES string of the molecule is COc1cccc2c(NC(C)(C(=O)O)C3CC3)nccc12. The molecule has 1 saturated carbocycles. The molecule has 1 atom stereocenters. The number of anilines is 1. The van der Waals surface area contributed by atoms with Gasteiger partial charge >= 0.3 is 5.97 Å². The van der Waals surface area contributed by atoms with Crippen LogP contribution in [0.1, 0.15) is 19.8 Å². The van der Waals surface area contributed by atoms with Crippen molar-refractivity contribution in [3.05, 3.63) is 30.5 Å². The number of aliphatic carboxylic acids is 1. The Hall–Kier alpha value is -2.30. The monoisotopic (exact) mass is 286 g/mol. The third kappa shape index (κ3) is 2.28. The van der Waals surface area contributed by atoms with Crippen molar-refractivity contribution in [2.24, 2.45) is 5.92 Å². The maximum absolute atomic E-state index is 11.7. The number of ether oxygens (including phenoxy) is 1. The molecule has 2 N–H and O–H groups in total. The van der Waals surface area contributed by atoms with Crippen LogP contribution in [0.2, 0.25) is 0 Å². The molecule has 0 spiro atoms. The second-order valence-electron chi connectivity index (χ2n) is 5.62. The topological polar surface area (TPSA) is 71.5 Å². The van der Waals surface area contributed by atoms with Crippen LogP contribution in [0.25, 0.3) is 10.8 Å². The summed E-state index contributed by atoms with van der Waals surface area (Å²) >= 11 is 0. The number of pyridine rings is 1. The number of carboxylic acids is 1. The molecule has 2 aromatic rings. The molecule has 0 bridgehead atoms. The van der Waals surface area contributed by atoms with E-state index < -0.39 is 11.5 Å². The number of hydrogen-bond acceptors (Lipinski definition) is 4. The van der Waals surface area contributed by atoms with E-state index in [-0.39, 0.29) is 5.92 Å². The molecule has 0 saturated heterocycles. The van der Waals surface area contributed by atoms with E-state index in [0.717, 1.165) is 29.4 Å². The van der Waals surface area contributed by atoms with E-state index in [1.54, 1.807) is 20.2 Å². The van der Waals surface area contributed by atoms with Crippen molar-refractivity contribution in [3.63, 3.8) is 0 Å². The standard InChI is InChI=1S/C16H18N2O3/c1-16(15(19)20,10-6-7-10)18-14-12-4-3-5-13(21-2)11(12)8-9-17-14/h3-5,8-10H,6-7H2,1-2H3,(H,17,18)(H,19,20). The average Bonchev–Trinajstić information content (AvgIpc) is 3.31. The number of carboxylic acid groups (broad SMARTS) is 1. The highest BCUT2D eigenvalue weighted by molar-refractivity contribution is 5.97. The van der Waals surface area contributed by atoms with Gasteiger partial charge in [-0.25, -0.2) is 9.78 Å². The lowest BCUT2D eigenvalue weighted by molar-refractivity contribution is -0.142. The molecule has 1 aromatic heterocycles. The molecule has 110 valence electrons. The predicted octanol–water partition coefficient (Wildman–Crippen LogP) is 2.91. The first-order valence-electron chi connectivity index (χ1n) is 6.99. The van der Waals surface area contributed by atoms with Gasteiger partial charge in [-0.2, -0.15) is 0 Å². The van der Waals surface area contributed by atoms with Gasteiger partial charge in [-0.3, -0.25) is 0 Å². The Morgan fingerprint density at radius 3 is 2.76 bits per heavy atom. The molecule has 1 aliphatic rings. The molecule has 5 nitrogen and oxygen atoms in total. The minimum absolute atomic E-state index is 0.151. The first-order valence-corrected chi connectivity index (χ1v) is 6.99. The van der Waals surface area contributed by atoms with Crippen LogP contribution < -0.4 is 10.1 Å². The number of benzene rings is 1. The van der Waals surface area contributed by atoms with Crippen LogP contribution in [-0.4, -0.2) is 28.7 Å². The minimum Gasteiger partial charge on any atom is -0.496 e. The van der Waals surface area contributed by atoms with Gasteiger partial charge in [-0.05, 0) is 37.8 Å². The lowest BCUT2D eigenvalue weighted by Crippen LogP contribution is -2.45. The summed E-state index contributed by atoms with van der Waals surface area (Å²) in [6.45, 7) is 1.73. The van der Waals surface area contributed by atoms with Crippen LogP contribution in [0.3, 0.4) is 0 Å². The van der Waals surface area contributed by atoms with Gasteiger partial charge in [-0.1, -0.05) is 12.1 Å². The third-order valence-corrected chi connectivity index (χ3v) is 4.20. The number of hydrogen-bond donors (Lipinski definition) is 2. The molecule has 1 heterocycles. The van der Waals surface area contributed by atoms with Crippen LogP contribution >= 0.6 is 0 Å². The Kier molecular flexibility index (Phi) is 3.20. The molecule has 1 aliphatic carbocycles. The van der Waals surface area contributed by atoms with Gasteiger partial charge in [0.05, 0.1) is 7.11 Å². The Labute approximate surface area is 123 Å². The van der Waals surface area contributed by atoms with Crippen molar-refractivity contribution in [1.29, 1.82) is 0 Å². The normalized spacial score (nSPS) is 17.2. The zero-order valence-corrected chi connectivity index (χ0v) is 12.1. The van der Waals surface area contributed by atoms with Gasteiger partial charge in [0, 0.05) is 17.0 Å². The molecule has 1 aromatic carbocycles. The second kappa shape index (κ2) is 4.91. The fourth-order valence-electron chi connectivity index (χ4n) is 2.69. The molecule has 0 aliphatic heterocycles. The minimum atomic E-state index is -0.982. The van der Waals surface area contributed by atoms with Crippen molar-refractivity contribution >= 4 is 22.6 Å². The van der Waals surface area contributed by atoms with Crippen molar-refractivity contribution in [3.8, 4) is 5.75 Å². The highest BCUT2D eigenvalue weighted by Gasteiger charge is 2.48. The molecule has 0 radical (unpaired) electrons. The van der Waals surface area contributed by atoms with Crippen LogP contribution in [-0.2, 0) is 4.79 Å². The summed E-state index contributed by atoms with van der Waals surface area (Å²) in [5.41, 5.74) is -0.982. The summed E-state index contributed by atoms with van der Waals surface area (Å²) in [6.07, 6.45) is 3.54. The molecule has 5 heteroatoms. The Bertz CT molecular complexity index is 697. The van der Waals surface area contributed by atoms with E-state index in [0.29, 0.717) is 5.82 Å². The number of fused-ring (bicyclic) bond motifs is 1. The van der Waals surface area contributed by atoms with E-state index >= 15 is 0 Å². The lowest BCUT2D eigenvalue weighted by Gasteiger charge is -2.27. The summed E-state index contributed by atoms with van der Waals surface area (Å²) < 4.78 is 5.35. The van der Waals surface area contributed by atoms with Crippen molar-refractivity contribution < 1.29 is 14.6 Å². The first kappa shape index (κ1) is 13.7. The molecule has 1 fully saturated rings. The molecular formula is C16H18N2O3. The largest absolute Gasteiger partial charge is 0.496 e. The van der Waals surface area contributed by atoms with Crippen LogP contribution in [0.5, 0.6) is 5.75 Å². The smallest absolute Gasteiger partial charge is 0.329 e. The fraction of sp³-hybridized carbons (Fsp3) is 0.375. The zero-order valence-electron chi connectivity index (χ0n) is 12.1. The van der Waals surface area contributed by atoms with Gasteiger partial charge in [0.2, 0.25) is 0 Å². The second-order valence-corrected chi connectivity index (χ2v) is 5.62. The quantitative estimate of drug-likeness (QED) is 0.884. The van der Waals surface area contributed by atoms with Crippen LogP contribution in [0, 0.1) is 5.92 Å².